The van der Waals surface area contributed by atoms with Crippen LogP contribution >= 0.6 is 22.9 Å². The molecule has 0 saturated heterocycles. The number of benzene rings is 1. The highest BCUT2D eigenvalue weighted by molar-refractivity contribution is 7.14. The van der Waals surface area contributed by atoms with Gasteiger partial charge in [-0.3, -0.25) is 0 Å². The summed E-state index contributed by atoms with van der Waals surface area (Å²) >= 11 is 6.97. The Morgan fingerprint density at radius 3 is 2.75 bits per heavy atom. The molecule has 1 aromatic carbocycles. The highest BCUT2D eigenvalue weighted by Gasteiger charge is 2.10. The lowest BCUT2D eigenvalue weighted by atomic mass is 10.2. The molecule has 0 radical (unpaired) electrons. The normalized spacial score (nSPS) is 10.8. The van der Waals surface area contributed by atoms with Crippen molar-refractivity contribution < 1.29 is 14.3 Å². The van der Waals surface area contributed by atoms with Gasteiger partial charge in [0.1, 0.15) is 10.7 Å². The summed E-state index contributed by atoms with van der Waals surface area (Å²) in [6.45, 7) is 2.99. The highest BCUT2D eigenvalue weighted by atomic mass is 35.5. The highest BCUT2D eigenvalue weighted by Crippen LogP contribution is 2.21. The molecule has 2 rings (SSSR count). The van der Waals surface area contributed by atoms with Gasteiger partial charge in [-0.15, -0.1) is 11.3 Å². The van der Waals surface area contributed by atoms with Crippen LogP contribution in [0.3, 0.4) is 0 Å². The number of carboxylic acids is 1. The van der Waals surface area contributed by atoms with E-state index < -0.39 is 11.8 Å². The van der Waals surface area contributed by atoms with Crippen molar-refractivity contribution in [2.45, 2.75) is 20.0 Å². The van der Waals surface area contributed by atoms with Crippen molar-refractivity contribution in [2.75, 3.05) is 0 Å². The molecule has 0 aliphatic rings. The zero-order valence-electron chi connectivity index (χ0n) is 10.7. The molecule has 2 aromatic rings. The molecular weight excluding hydrogens is 301 g/mol. The van der Waals surface area contributed by atoms with Crippen molar-refractivity contribution in [3.8, 4) is 0 Å². The predicted molar refractivity (Wildman–Crippen MR) is 78.0 cm³/mol. The Morgan fingerprint density at radius 1 is 1.40 bits per heavy atom. The van der Waals surface area contributed by atoms with E-state index in [1.807, 2.05) is 6.92 Å². The lowest BCUT2D eigenvalue weighted by Gasteiger charge is -2.05. The fraction of sp³-hybridized carbons (Fsp3) is 0.214. The number of hydrogen-bond donors (Lipinski definition) is 2. The van der Waals surface area contributed by atoms with Crippen LogP contribution in [0.25, 0.3) is 0 Å². The van der Waals surface area contributed by atoms with Gasteiger partial charge >= 0.3 is 5.97 Å². The van der Waals surface area contributed by atoms with Gasteiger partial charge in [0, 0.05) is 18.0 Å². The molecule has 0 aliphatic heterocycles. The van der Waals surface area contributed by atoms with E-state index in [2.05, 4.69) is 5.32 Å². The molecule has 1 heterocycles. The van der Waals surface area contributed by atoms with E-state index in [9.17, 15) is 9.18 Å². The van der Waals surface area contributed by atoms with Crippen molar-refractivity contribution >= 4 is 28.9 Å². The maximum Gasteiger partial charge on any atom is 0.345 e. The monoisotopic (exact) mass is 313 g/mol. The summed E-state index contributed by atoms with van der Waals surface area (Å²) in [7, 11) is 0. The molecule has 0 spiro atoms. The second-order valence-corrected chi connectivity index (χ2v) is 6.01. The molecule has 0 aliphatic carbocycles. The van der Waals surface area contributed by atoms with Crippen LogP contribution in [0.2, 0.25) is 5.02 Å². The summed E-state index contributed by atoms with van der Waals surface area (Å²) in [4.78, 5) is 12.2. The number of aromatic carboxylic acids is 1. The van der Waals surface area contributed by atoms with Gasteiger partial charge in [-0.1, -0.05) is 17.7 Å². The quantitative estimate of drug-likeness (QED) is 0.882. The Bertz CT molecular complexity index is 642. The summed E-state index contributed by atoms with van der Waals surface area (Å²) in [6, 6.07) is 6.25. The molecule has 6 heteroatoms. The largest absolute Gasteiger partial charge is 0.477 e. The van der Waals surface area contributed by atoms with Crippen LogP contribution in [0, 0.1) is 12.7 Å². The van der Waals surface area contributed by atoms with Gasteiger partial charge in [-0.25, -0.2) is 9.18 Å². The number of hydrogen-bond acceptors (Lipinski definition) is 3. The average Bonchev–Trinajstić information content (AvgIpc) is 2.76. The number of thiophene rings is 1. The number of carbonyl (C=O) groups is 1. The minimum atomic E-state index is -0.908. The van der Waals surface area contributed by atoms with Crippen molar-refractivity contribution in [1.82, 2.24) is 5.32 Å². The number of aryl methyl sites for hydroxylation is 1. The summed E-state index contributed by atoms with van der Waals surface area (Å²) in [5, 5.41) is 12.2. The molecule has 3 nitrogen and oxygen atoms in total. The number of nitrogens with one attached hydrogen (secondary N) is 1. The van der Waals surface area contributed by atoms with Gasteiger partial charge in [0.05, 0.1) is 5.02 Å². The van der Waals surface area contributed by atoms with E-state index in [4.69, 9.17) is 16.7 Å². The van der Waals surface area contributed by atoms with E-state index in [-0.39, 0.29) is 5.02 Å². The van der Waals surface area contributed by atoms with E-state index >= 15 is 0 Å². The van der Waals surface area contributed by atoms with Crippen LogP contribution in [0.1, 0.15) is 25.7 Å². The third kappa shape index (κ3) is 3.56. The van der Waals surface area contributed by atoms with Gasteiger partial charge in [-0.05, 0) is 36.2 Å². The van der Waals surface area contributed by atoms with Gasteiger partial charge in [0.25, 0.3) is 0 Å². The molecule has 0 unspecified atom stereocenters. The SMILES string of the molecule is Cc1sc(C(=O)O)cc1CNCc1ccc(F)c(Cl)c1. The first-order valence-corrected chi connectivity index (χ1v) is 7.14. The molecule has 0 amide bonds. The van der Waals surface area contributed by atoms with Crippen LogP contribution in [0.5, 0.6) is 0 Å². The fourth-order valence-corrected chi connectivity index (χ4v) is 2.88. The van der Waals surface area contributed by atoms with Crippen molar-refractivity contribution in [2.24, 2.45) is 0 Å². The maximum absolute atomic E-state index is 13.0. The van der Waals surface area contributed by atoms with Crippen LogP contribution < -0.4 is 5.32 Å². The summed E-state index contributed by atoms with van der Waals surface area (Å²) in [5.74, 6) is -1.34. The molecular formula is C14H13ClFNO2S. The van der Waals surface area contributed by atoms with Crippen LogP contribution in [-0.2, 0) is 13.1 Å². The zero-order chi connectivity index (χ0) is 14.7. The third-order valence-corrected chi connectivity index (χ3v) is 4.23. The van der Waals surface area contributed by atoms with E-state index in [1.54, 1.807) is 18.2 Å². The Kier molecular flexibility index (Phi) is 4.75. The molecule has 0 atom stereocenters. The molecule has 0 saturated carbocycles. The topological polar surface area (TPSA) is 49.3 Å². The maximum atomic E-state index is 13.0. The Labute approximate surface area is 125 Å². The fourth-order valence-electron chi connectivity index (χ4n) is 1.79. The first-order chi connectivity index (χ1) is 9.47. The minimum Gasteiger partial charge on any atom is -0.477 e. The number of halogens is 2. The smallest absolute Gasteiger partial charge is 0.345 e. The molecule has 106 valence electrons. The molecule has 2 N–H and O–H groups in total. The van der Waals surface area contributed by atoms with E-state index in [1.165, 1.54) is 17.4 Å². The standard InChI is InChI=1S/C14H13ClFNO2S/c1-8-10(5-13(20-8)14(18)19)7-17-6-9-2-3-12(16)11(15)4-9/h2-5,17H,6-7H2,1H3,(H,18,19). The lowest BCUT2D eigenvalue weighted by Crippen LogP contribution is -2.12. The lowest BCUT2D eigenvalue weighted by molar-refractivity contribution is 0.0702. The van der Waals surface area contributed by atoms with Gasteiger partial charge in [0.2, 0.25) is 0 Å². The molecule has 1 aromatic heterocycles. The number of rotatable bonds is 5. The molecule has 0 fully saturated rings. The minimum absolute atomic E-state index is 0.101. The predicted octanol–water partition coefficient (Wildman–Crippen LogP) is 3.84. The first-order valence-electron chi connectivity index (χ1n) is 5.94. The molecule has 20 heavy (non-hydrogen) atoms. The summed E-state index contributed by atoms with van der Waals surface area (Å²) < 4.78 is 13.0. The Hall–Kier alpha value is -1.43. The van der Waals surface area contributed by atoms with Gasteiger partial charge in [0.15, 0.2) is 0 Å². The Balaban J connectivity index is 1.95. The van der Waals surface area contributed by atoms with Crippen LogP contribution in [-0.4, -0.2) is 11.1 Å². The zero-order valence-corrected chi connectivity index (χ0v) is 12.3. The van der Waals surface area contributed by atoms with Crippen LogP contribution in [0.4, 0.5) is 4.39 Å². The summed E-state index contributed by atoms with van der Waals surface area (Å²) in [5.41, 5.74) is 1.84. The van der Waals surface area contributed by atoms with E-state index in [0.29, 0.717) is 18.0 Å². The second kappa shape index (κ2) is 6.35. The molecule has 0 bridgehead atoms. The second-order valence-electron chi connectivity index (χ2n) is 4.35. The number of carboxylic acid groups (broad SMARTS) is 1. The summed E-state index contributed by atoms with van der Waals surface area (Å²) in [6.07, 6.45) is 0. The van der Waals surface area contributed by atoms with Gasteiger partial charge in [-0.2, -0.15) is 0 Å². The third-order valence-electron chi connectivity index (χ3n) is 2.86. The Morgan fingerprint density at radius 2 is 2.15 bits per heavy atom. The first kappa shape index (κ1) is 15.0. The van der Waals surface area contributed by atoms with Gasteiger partial charge < -0.3 is 10.4 Å². The van der Waals surface area contributed by atoms with Crippen molar-refractivity contribution in [1.29, 1.82) is 0 Å². The van der Waals surface area contributed by atoms with Crippen molar-refractivity contribution in [3.05, 3.63) is 56.0 Å². The van der Waals surface area contributed by atoms with E-state index in [0.717, 1.165) is 16.0 Å². The van der Waals surface area contributed by atoms with Crippen molar-refractivity contribution in [3.63, 3.8) is 0 Å². The average molecular weight is 314 g/mol. The van der Waals surface area contributed by atoms with Crippen LogP contribution in [0.15, 0.2) is 24.3 Å².